The first-order valence-electron chi connectivity index (χ1n) is 5.59. The van der Waals surface area contributed by atoms with Gasteiger partial charge in [-0.2, -0.15) is 0 Å². The van der Waals surface area contributed by atoms with E-state index in [1.165, 1.54) is 0 Å². The normalized spacial score (nSPS) is 10.5. The van der Waals surface area contributed by atoms with E-state index in [1.54, 1.807) is 18.7 Å². The number of halogens is 1. The molecule has 1 aromatic heterocycles. The predicted octanol–water partition coefficient (Wildman–Crippen LogP) is 3.14. The molecule has 0 saturated carbocycles. The van der Waals surface area contributed by atoms with Gasteiger partial charge in [-0.15, -0.1) is 11.8 Å². The number of nitrogens with one attached hydrogen (secondary N) is 1. The molecule has 6 heteroatoms. The highest BCUT2D eigenvalue weighted by Gasteiger charge is 2.14. The average Bonchev–Trinajstić information content (AvgIpc) is 2.78. The molecule has 0 spiro atoms. The number of hydrazine groups is 1. The number of nitrogens with two attached hydrogens (primary N) is 1. The SMILES string of the molecule is Cc1cc(CSc2ccccc2Cl)oc1C(=O)NN. The van der Waals surface area contributed by atoms with Crippen LogP contribution in [0.2, 0.25) is 5.02 Å². The number of amides is 1. The van der Waals surface area contributed by atoms with Gasteiger partial charge in [0.25, 0.3) is 0 Å². The topological polar surface area (TPSA) is 68.3 Å². The lowest BCUT2D eigenvalue weighted by atomic mass is 10.2. The molecule has 4 nitrogen and oxygen atoms in total. The van der Waals surface area contributed by atoms with Crippen LogP contribution < -0.4 is 11.3 Å². The third-order valence-corrected chi connectivity index (χ3v) is 4.05. The molecule has 0 radical (unpaired) electrons. The molecule has 0 fully saturated rings. The second-order valence-corrected chi connectivity index (χ2v) is 5.34. The van der Waals surface area contributed by atoms with Crippen molar-refractivity contribution in [3.05, 3.63) is 52.4 Å². The van der Waals surface area contributed by atoms with E-state index in [9.17, 15) is 4.79 Å². The maximum absolute atomic E-state index is 11.4. The van der Waals surface area contributed by atoms with Gasteiger partial charge >= 0.3 is 5.91 Å². The molecule has 3 N–H and O–H groups in total. The summed E-state index contributed by atoms with van der Waals surface area (Å²) in [6.07, 6.45) is 0. The number of benzene rings is 1. The summed E-state index contributed by atoms with van der Waals surface area (Å²) in [5.41, 5.74) is 2.82. The fraction of sp³-hybridized carbons (Fsp3) is 0.154. The summed E-state index contributed by atoms with van der Waals surface area (Å²) >= 11 is 7.62. The molecule has 19 heavy (non-hydrogen) atoms. The van der Waals surface area contributed by atoms with Gasteiger partial charge in [0.1, 0.15) is 5.76 Å². The summed E-state index contributed by atoms with van der Waals surface area (Å²) in [7, 11) is 0. The summed E-state index contributed by atoms with van der Waals surface area (Å²) in [6, 6.07) is 9.41. The first kappa shape index (κ1) is 14.0. The van der Waals surface area contributed by atoms with Crippen LogP contribution in [0, 0.1) is 6.92 Å². The van der Waals surface area contributed by atoms with Crippen LogP contribution in [0.15, 0.2) is 39.6 Å². The number of carbonyl (C=O) groups excluding carboxylic acids is 1. The first-order chi connectivity index (χ1) is 9.11. The molecule has 100 valence electrons. The molecule has 2 aromatic rings. The Balaban J connectivity index is 2.09. The van der Waals surface area contributed by atoms with Crippen LogP contribution >= 0.6 is 23.4 Å². The van der Waals surface area contributed by atoms with E-state index in [4.69, 9.17) is 21.9 Å². The Morgan fingerprint density at radius 2 is 2.21 bits per heavy atom. The Kier molecular flexibility index (Phi) is 4.52. The van der Waals surface area contributed by atoms with E-state index in [1.807, 2.05) is 30.3 Å². The Labute approximate surface area is 120 Å². The zero-order valence-electron chi connectivity index (χ0n) is 10.3. The first-order valence-corrected chi connectivity index (χ1v) is 6.95. The van der Waals surface area contributed by atoms with Crippen LogP contribution in [0.5, 0.6) is 0 Å². The highest BCUT2D eigenvalue weighted by atomic mass is 35.5. The molecule has 0 aliphatic carbocycles. The summed E-state index contributed by atoms with van der Waals surface area (Å²) in [5.74, 6) is 6.22. The minimum absolute atomic E-state index is 0.247. The number of hydrogen-bond acceptors (Lipinski definition) is 4. The zero-order chi connectivity index (χ0) is 13.8. The van der Waals surface area contributed by atoms with Gasteiger partial charge < -0.3 is 4.42 Å². The van der Waals surface area contributed by atoms with Crippen molar-refractivity contribution in [2.75, 3.05) is 0 Å². The van der Waals surface area contributed by atoms with Crippen LogP contribution in [0.4, 0.5) is 0 Å². The van der Waals surface area contributed by atoms with E-state index in [2.05, 4.69) is 5.43 Å². The minimum Gasteiger partial charge on any atom is -0.455 e. The molecule has 0 aliphatic heterocycles. The van der Waals surface area contributed by atoms with Crippen LogP contribution in [-0.2, 0) is 5.75 Å². The lowest BCUT2D eigenvalue weighted by Crippen LogP contribution is -2.30. The monoisotopic (exact) mass is 296 g/mol. The Bertz CT molecular complexity index is 598. The Morgan fingerprint density at radius 3 is 2.89 bits per heavy atom. The lowest BCUT2D eigenvalue weighted by molar-refractivity contribution is 0.0923. The zero-order valence-corrected chi connectivity index (χ0v) is 11.8. The Hall–Kier alpha value is -1.43. The molecule has 0 unspecified atom stereocenters. The van der Waals surface area contributed by atoms with Crippen molar-refractivity contribution in [1.29, 1.82) is 0 Å². The van der Waals surface area contributed by atoms with Crippen molar-refractivity contribution in [2.24, 2.45) is 5.84 Å². The van der Waals surface area contributed by atoms with Crippen LogP contribution in [0.25, 0.3) is 0 Å². The minimum atomic E-state index is -0.425. The molecule has 0 atom stereocenters. The highest BCUT2D eigenvalue weighted by Crippen LogP contribution is 2.30. The van der Waals surface area contributed by atoms with Gasteiger partial charge in [0.2, 0.25) is 0 Å². The largest absolute Gasteiger partial charge is 0.455 e. The van der Waals surface area contributed by atoms with Gasteiger partial charge in [-0.3, -0.25) is 10.2 Å². The number of rotatable bonds is 4. The number of thioether (sulfide) groups is 1. The van der Waals surface area contributed by atoms with Crippen molar-refractivity contribution in [3.8, 4) is 0 Å². The molecule has 0 saturated heterocycles. The van der Waals surface area contributed by atoms with Crippen molar-refractivity contribution >= 4 is 29.3 Å². The molecule has 1 aromatic carbocycles. The van der Waals surface area contributed by atoms with E-state index in [0.29, 0.717) is 16.5 Å². The smallest absolute Gasteiger partial charge is 0.301 e. The summed E-state index contributed by atoms with van der Waals surface area (Å²) in [6.45, 7) is 1.80. The maximum atomic E-state index is 11.4. The van der Waals surface area contributed by atoms with Crippen LogP contribution in [-0.4, -0.2) is 5.91 Å². The van der Waals surface area contributed by atoms with Gasteiger partial charge in [0.05, 0.1) is 10.8 Å². The number of carbonyl (C=O) groups is 1. The molecular weight excluding hydrogens is 284 g/mol. The Morgan fingerprint density at radius 1 is 1.47 bits per heavy atom. The number of furan rings is 1. The van der Waals surface area contributed by atoms with Gasteiger partial charge in [-0.05, 0) is 25.1 Å². The maximum Gasteiger partial charge on any atom is 0.301 e. The second-order valence-electron chi connectivity index (χ2n) is 3.92. The number of nitrogen functional groups attached to an aromatic ring is 1. The van der Waals surface area contributed by atoms with Crippen LogP contribution in [0.1, 0.15) is 21.9 Å². The molecule has 0 aliphatic rings. The van der Waals surface area contributed by atoms with E-state index in [0.717, 1.165) is 10.5 Å². The molecule has 0 bridgehead atoms. The second kappa shape index (κ2) is 6.14. The fourth-order valence-electron chi connectivity index (χ4n) is 1.62. The van der Waals surface area contributed by atoms with Gasteiger partial charge in [-0.1, -0.05) is 23.7 Å². The quantitative estimate of drug-likeness (QED) is 0.394. The van der Waals surface area contributed by atoms with Gasteiger partial charge in [-0.25, -0.2) is 5.84 Å². The van der Waals surface area contributed by atoms with Gasteiger partial charge in [0.15, 0.2) is 5.76 Å². The predicted molar refractivity (Wildman–Crippen MR) is 76.1 cm³/mol. The standard InChI is InChI=1S/C13H13ClN2O2S/c1-8-6-9(18-12(8)13(17)16-15)7-19-11-5-3-2-4-10(11)14/h2-6H,7,15H2,1H3,(H,16,17). The number of hydrogen-bond donors (Lipinski definition) is 2. The summed E-state index contributed by atoms with van der Waals surface area (Å²) < 4.78 is 5.47. The van der Waals surface area contributed by atoms with Crippen molar-refractivity contribution in [3.63, 3.8) is 0 Å². The lowest BCUT2D eigenvalue weighted by Gasteiger charge is -2.01. The summed E-state index contributed by atoms with van der Waals surface area (Å²) in [5, 5.41) is 0.704. The molecule has 1 heterocycles. The van der Waals surface area contributed by atoms with E-state index in [-0.39, 0.29) is 5.76 Å². The van der Waals surface area contributed by atoms with E-state index < -0.39 is 5.91 Å². The molecular formula is C13H13ClN2O2S. The van der Waals surface area contributed by atoms with Crippen LogP contribution in [0.3, 0.4) is 0 Å². The third kappa shape index (κ3) is 3.32. The average molecular weight is 297 g/mol. The van der Waals surface area contributed by atoms with Gasteiger partial charge in [0, 0.05) is 10.5 Å². The number of aryl methyl sites for hydroxylation is 1. The van der Waals surface area contributed by atoms with Crippen molar-refractivity contribution in [1.82, 2.24) is 5.43 Å². The fourth-order valence-corrected chi connectivity index (χ4v) is 2.74. The van der Waals surface area contributed by atoms with Crippen molar-refractivity contribution < 1.29 is 9.21 Å². The van der Waals surface area contributed by atoms with E-state index >= 15 is 0 Å². The molecule has 2 rings (SSSR count). The van der Waals surface area contributed by atoms with Crippen molar-refractivity contribution in [2.45, 2.75) is 17.6 Å². The molecule has 1 amide bonds. The highest BCUT2D eigenvalue weighted by molar-refractivity contribution is 7.98. The third-order valence-electron chi connectivity index (χ3n) is 2.51. The summed E-state index contributed by atoms with van der Waals surface area (Å²) in [4.78, 5) is 12.4.